The van der Waals surface area contributed by atoms with Gasteiger partial charge in [-0.3, -0.25) is 9.35 Å². The van der Waals surface area contributed by atoms with Gasteiger partial charge in [0.25, 0.3) is 10.1 Å². The van der Waals surface area contributed by atoms with Crippen molar-refractivity contribution in [2.75, 3.05) is 13.2 Å². The fourth-order valence-corrected chi connectivity index (χ4v) is 1.94. The Morgan fingerprint density at radius 3 is 2.27 bits per heavy atom. The molecule has 0 aliphatic heterocycles. The molecule has 0 saturated carbocycles. The molecule has 0 spiro atoms. The molecule has 1 N–H and O–H groups in total. The van der Waals surface area contributed by atoms with Gasteiger partial charge in [0.15, 0.2) is 0 Å². The lowest BCUT2D eigenvalue weighted by Gasteiger charge is -2.20. The van der Waals surface area contributed by atoms with Gasteiger partial charge in [-0.25, -0.2) is 0 Å². The number of benzene rings is 1. The fraction of sp³-hybridized carbons (Fsp3) is 0.533. The molecule has 0 heterocycles. The van der Waals surface area contributed by atoms with Crippen LogP contribution in [0.3, 0.4) is 0 Å². The summed E-state index contributed by atoms with van der Waals surface area (Å²) in [6.45, 7) is 6.21. The normalized spacial score (nSPS) is 12.0. The Balaban J connectivity index is 2.32. The average Bonchev–Trinajstić information content (AvgIpc) is 2.46. The maximum atomic E-state index is 11.7. The van der Waals surface area contributed by atoms with Crippen LogP contribution >= 0.6 is 0 Å². The molecule has 0 unspecified atom stereocenters. The molecule has 0 aliphatic rings. The Hall–Kier alpha value is -1.60. The lowest BCUT2D eigenvalue weighted by atomic mass is 9.91. The second-order valence-corrected chi connectivity index (χ2v) is 6.94. The minimum absolute atomic E-state index is 0.185. The van der Waals surface area contributed by atoms with Crippen LogP contribution < -0.4 is 4.74 Å². The minimum Gasteiger partial charge on any atom is -0.493 e. The molecule has 0 amide bonds. The SMILES string of the molecule is CCC(C)(C)C(=O)OCCCOc1ccc(S(=O)(=O)O)cc1. The van der Waals surface area contributed by atoms with E-state index in [-0.39, 0.29) is 17.5 Å². The highest BCUT2D eigenvalue weighted by atomic mass is 32.2. The molecular weight excluding hydrogens is 308 g/mol. The topological polar surface area (TPSA) is 89.9 Å². The summed E-state index contributed by atoms with van der Waals surface area (Å²) in [4.78, 5) is 11.5. The lowest BCUT2D eigenvalue weighted by molar-refractivity contribution is -0.154. The first kappa shape index (κ1) is 18.4. The first-order chi connectivity index (χ1) is 10.2. The zero-order valence-electron chi connectivity index (χ0n) is 13.0. The number of ether oxygens (including phenoxy) is 2. The van der Waals surface area contributed by atoms with E-state index in [0.29, 0.717) is 25.2 Å². The first-order valence-corrected chi connectivity index (χ1v) is 8.48. The first-order valence-electron chi connectivity index (χ1n) is 7.04. The molecule has 0 aliphatic carbocycles. The van der Waals surface area contributed by atoms with Crippen LogP contribution in [0, 0.1) is 5.41 Å². The molecule has 0 saturated heterocycles. The van der Waals surface area contributed by atoms with E-state index in [1.165, 1.54) is 24.3 Å². The van der Waals surface area contributed by atoms with Crippen LogP contribution in [0.5, 0.6) is 5.75 Å². The van der Waals surface area contributed by atoms with Crippen LogP contribution in [-0.4, -0.2) is 32.2 Å². The van der Waals surface area contributed by atoms with Crippen molar-refractivity contribution >= 4 is 16.1 Å². The maximum Gasteiger partial charge on any atom is 0.311 e. The molecular formula is C15H22O6S. The number of hydrogen-bond donors (Lipinski definition) is 1. The molecule has 0 atom stereocenters. The quantitative estimate of drug-likeness (QED) is 0.448. The standard InChI is InChI=1S/C15H22O6S/c1-4-15(2,3)14(16)21-11-5-10-20-12-6-8-13(9-7-12)22(17,18)19/h6-9H,4-5,10-11H2,1-3H3,(H,17,18,19). The van der Waals surface area contributed by atoms with E-state index in [1.54, 1.807) is 0 Å². The second-order valence-electron chi connectivity index (χ2n) is 5.52. The number of esters is 1. The Labute approximate surface area is 131 Å². The van der Waals surface area contributed by atoms with E-state index in [2.05, 4.69) is 0 Å². The van der Waals surface area contributed by atoms with Gasteiger partial charge in [-0.2, -0.15) is 8.42 Å². The molecule has 0 bridgehead atoms. The van der Waals surface area contributed by atoms with E-state index >= 15 is 0 Å². The third-order valence-corrected chi connectivity index (χ3v) is 4.22. The largest absolute Gasteiger partial charge is 0.493 e. The lowest BCUT2D eigenvalue weighted by Crippen LogP contribution is -2.26. The van der Waals surface area contributed by atoms with Gasteiger partial charge in [-0.1, -0.05) is 6.92 Å². The second kappa shape index (κ2) is 7.60. The third-order valence-electron chi connectivity index (χ3n) is 3.35. The van der Waals surface area contributed by atoms with Crippen LogP contribution in [0.2, 0.25) is 0 Å². The van der Waals surface area contributed by atoms with E-state index in [1.807, 2.05) is 20.8 Å². The van der Waals surface area contributed by atoms with Gasteiger partial charge in [-0.05, 0) is 44.5 Å². The van der Waals surface area contributed by atoms with Crippen LogP contribution in [0.4, 0.5) is 0 Å². The average molecular weight is 330 g/mol. The van der Waals surface area contributed by atoms with Gasteiger partial charge in [0, 0.05) is 6.42 Å². The Bertz CT molecular complexity index is 589. The smallest absolute Gasteiger partial charge is 0.311 e. The van der Waals surface area contributed by atoms with Crippen molar-refractivity contribution in [2.24, 2.45) is 5.41 Å². The minimum atomic E-state index is -4.19. The predicted octanol–water partition coefficient (Wildman–Crippen LogP) is 2.68. The van der Waals surface area contributed by atoms with Crippen LogP contribution in [-0.2, 0) is 19.6 Å². The molecule has 0 radical (unpaired) electrons. The van der Waals surface area contributed by atoms with Crippen molar-refractivity contribution in [3.05, 3.63) is 24.3 Å². The number of hydrogen-bond acceptors (Lipinski definition) is 5. The highest BCUT2D eigenvalue weighted by Crippen LogP contribution is 2.21. The van der Waals surface area contributed by atoms with Crippen LogP contribution in [0.1, 0.15) is 33.6 Å². The highest BCUT2D eigenvalue weighted by molar-refractivity contribution is 7.85. The Kier molecular flexibility index (Phi) is 6.37. The summed E-state index contributed by atoms with van der Waals surface area (Å²) in [5.41, 5.74) is -0.480. The van der Waals surface area contributed by atoms with Crippen molar-refractivity contribution in [1.29, 1.82) is 0 Å². The number of carbonyl (C=O) groups excluding carboxylic acids is 1. The van der Waals surface area contributed by atoms with Crippen molar-refractivity contribution < 1.29 is 27.2 Å². The van der Waals surface area contributed by atoms with Gasteiger partial charge < -0.3 is 9.47 Å². The summed E-state index contributed by atoms with van der Waals surface area (Å²) < 4.78 is 41.2. The molecule has 124 valence electrons. The molecule has 6 nitrogen and oxygen atoms in total. The third kappa shape index (κ3) is 5.65. The maximum absolute atomic E-state index is 11.7. The zero-order valence-corrected chi connectivity index (χ0v) is 13.9. The van der Waals surface area contributed by atoms with E-state index in [4.69, 9.17) is 14.0 Å². The molecule has 22 heavy (non-hydrogen) atoms. The van der Waals surface area contributed by atoms with E-state index in [9.17, 15) is 13.2 Å². The predicted molar refractivity (Wildman–Crippen MR) is 81.4 cm³/mol. The molecule has 1 aromatic carbocycles. The number of rotatable bonds is 8. The molecule has 0 fully saturated rings. The summed E-state index contributed by atoms with van der Waals surface area (Å²) in [5.74, 6) is 0.250. The van der Waals surface area contributed by atoms with Gasteiger partial charge >= 0.3 is 5.97 Å². The zero-order chi connectivity index (χ0) is 16.8. The summed E-state index contributed by atoms with van der Waals surface area (Å²) in [5, 5.41) is 0. The van der Waals surface area contributed by atoms with E-state index < -0.39 is 15.5 Å². The van der Waals surface area contributed by atoms with Gasteiger partial charge in [0.1, 0.15) is 5.75 Å². The summed E-state index contributed by atoms with van der Waals surface area (Å²) >= 11 is 0. The van der Waals surface area contributed by atoms with Gasteiger partial charge in [-0.15, -0.1) is 0 Å². The molecule has 7 heteroatoms. The van der Waals surface area contributed by atoms with Crippen LogP contribution in [0.25, 0.3) is 0 Å². The number of carbonyl (C=O) groups is 1. The van der Waals surface area contributed by atoms with E-state index in [0.717, 1.165) is 0 Å². The molecule has 1 rings (SSSR count). The molecule has 0 aromatic heterocycles. The van der Waals surface area contributed by atoms with Gasteiger partial charge in [0.05, 0.1) is 23.5 Å². The Morgan fingerprint density at radius 1 is 1.18 bits per heavy atom. The monoisotopic (exact) mass is 330 g/mol. The van der Waals surface area contributed by atoms with Crippen molar-refractivity contribution in [1.82, 2.24) is 0 Å². The van der Waals surface area contributed by atoms with Crippen molar-refractivity contribution in [3.63, 3.8) is 0 Å². The summed E-state index contributed by atoms with van der Waals surface area (Å²) in [6, 6.07) is 5.42. The molecule has 1 aromatic rings. The van der Waals surface area contributed by atoms with Crippen molar-refractivity contribution in [2.45, 2.75) is 38.5 Å². The van der Waals surface area contributed by atoms with Crippen molar-refractivity contribution in [3.8, 4) is 5.75 Å². The van der Waals surface area contributed by atoms with Gasteiger partial charge in [0.2, 0.25) is 0 Å². The highest BCUT2D eigenvalue weighted by Gasteiger charge is 2.26. The Morgan fingerprint density at radius 2 is 1.77 bits per heavy atom. The summed E-state index contributed by atoms with van der Waals surface area (Å²) in [6.07, 6.45) is 1.24. The van der Waals surface area contributed by atoms with Crippen LogP contribution in [0.15, 0.2) is 29.2 Å². The summed E-state index contributed by atoms with van der Waals surface area (Å²) in [7, 11) is -4.19. The fourth-order valence-electron chi connectivity index (χ4n) is 1.46.